The number of fused-ring (bicyclic) bond motifs is 12. The van der Waals surface area contributed by atoms with Crippen LogP contribution < -0.4 is 0 Å². The second-order valence-corrected chi connectivity index (χ2v) is 14.1. The zero-order valence-electron chi connectivity index (χ0n) is 28.5. The molecule has 0 radical (unpaired) electrons. The fraction of sp³-hybridized carbons (Fsp3) is 0. The predicted molar refractivity (Wildman–Crippen MR) is 225 cm³/mol. The average Bonchev–Trinajstić information content (AvgIpc) is 3.22. The highest BCUT2D eigenvalue weighted by atomic mass is 14.2. The van der Waals surface area contributed by atoms with E-state index < -0.39 is 0 Å². The van der Waals surface area contributed by atoms with Gasteiger partial charge in [-0.05, 0) is 145 Å². The monoisotopic (exact) mass is 656 g/mol. The Morgan fingerprint density at radius 3 is 1.27 bits per heavy atom. The summed E-state index contributed by atoms with van der Waals surface area (Å²) in [6.45, 7) is 0. The van der Waals surface area contributed by atoms with Crippen LogP contribution in [0.15, 0.2) is 194 Å². The van der Waals surface area contributed by atoms with Crippen LogP contribution in [0.2, 0.25) is 0 Å². The Kier molecular flexibility index (Phi) is 6.35. The van der Waals surface area contributed by atoms with E-state index in [9.17, 15) is 0 Å². The Bertz CT molecular complexity index is 3140. The van der Waals surface area contributed by atoms with Gasteiger partial charge in [0.1, 0.15) is 0 Å². The normalized spacial score (nSPS) is 11.8. The number of hydrogen-bond acceptors (Lipinski definition) is 0. The van der Waals surface area contributed by atoms with Crippen molar-refractivity contribution in [2.45, 2.75) is 0 Å². The van der Waals surface area contributed by atoms with Crippen molar-refractivity contribution in [2.24, 2.45) is 0 Å². The van der Waals surface area contributed by atoms with Crippen LogP contribution in [-0.4, -0.2) is 0 Å². The maximum Gasteiger partial charge on any atom is -0.00197 e. The average molecular weight is 657 g/mol. The van der Waals surface area contributed by atoms with Crippen LogP contribution in [0.25, 0.3) is 109 Å². The van der Waals surface area contributed by atoms with Crippen LogP contribution in [0.4, 0.5) is 0 Å². The number of rotatable bonds is 3. The molecule has 0 saturated carbocycles. The van der Waals surface area contributed by atoms with Gasteiger partial charge in [0, 0.05) is 0 Å². The van der Waals surface area contributed by atoms with E-state index in [0.717, 1.165) is 0 Å². The molecule has 0 aliphatic carbocycles. The molecule has 0 aliphatic rings. The van der Waals surface area contributed by atoms with Crippen LogP contribution in [-0.2, 0) is 0 Å². The first-order valence-corrected chi connectivity index (χ1v) is 18.1. The molecule has 0 fully saturated rings. The maximum absolute atomic E-state index is 2.47. The molecular weight excluding hydrogens is 625 g/mol. The Balaban J connectivity index is 1.25. The Labute approximate surface area is 301 Å². The van der Waals surface area contributed by atoms with Crippen LogP contribution in [0, 0.1) is 0 Å². The van der Waals surface area contributed by atoms with Gasteiger partial charge in [0.2, 0.25) is 0 Å². The highest BCUT2D eigenvalue weighted by molar-refractivity contribution is 6.36. The molecule has 240 valence electrons. The minimum atomic E-state index is 1.21. The molecule has 11 rings (SSSR count). The lowest BCUT2D eigenvalue weighted by Gasteiger charge is -2.18. The SMILES string of the molecule is c1ccc2cc(-c3cc(-c4ccc5ccccc5c4)cc(-c4cc5c6ccccc6c6c7ccccc7ccc6c5c5ccccc45)c3)ccc2c1. The molecule has 11 aromatic rings. The van der Waals surface area contributed by atoms with E-state index in [-0.39, 0.29) is 0 Å². The van der Waals surface area contributed by atoms with Crippen LogP contribution in [0.5, 0.6) is 0 Å². The summed E-state index contributed by atoms with van der Waals surface area (Å²) >= 11 is 0. The van der Waals surface area contributed by atoms with Gasteiger partial charge in [0.25, 0.3) is 0 Å². The molecule has 11 aromatic carbocycles. The lowest BCUT2D eigenvalue weighted by Crippen LogP contribution is -1.91. The summed E-state index contributed by atoms with van der Waals surface area (Å²) in [4.78, 5) is 0. The molecule has 0 N–H and O–H groups in total. The number of benzene rings is 11. The predicted octanol–water partition coefficient (Wildman–Crippen LogP) is 14.8. The first-order valence-electron chi connectivity index (χ1n) is 18.1. The lowest BCUT2D eigenvalue weighted by atomic mass is 9.85. The highest BCUT2D eigenvalue weighted by Gasteiger charge is 2.18. The zero-order chi connectivity index (χ0) is 34.2. The molecule has 0 atom stereocenters. The first-order chi connectivity index (χ1) is 25.8. The molecular formula is C52H32. The summed E-state index contributed by atoms with van der Waals surface area (Å²) in [7, 11) is 0. The summed E-state index contributed by atoms with van der Waals surface area (Å²) in [5.74, 6) is 0. The van der Waals surface area contributed by atoms with E-state index in [2.05, 4.69) is 194 Å². The summed E-state index contributed by atoms with van der Waals surface area (Å²) in [5.41, 5.74) is 7.33. The fourth-order valence-electron chi connectivity index (χ4n) is 8.68. The van der Waals surface area contributed by atoms with Crippen LogP contribution >= 0.6 is 0 Å². The van der Waals surface area contributed by atoms with Crippen molar-refractivity contribution < 1.29 is 0 Å². The molecule has 0 aromatic heterocycles. The molecule has 0 aliphatic heterocycles. The van der Waals surface area contributed by atoms with E-state index in [0.29, 0.717) is 0 Å². The largest absolute Gasteiger partial charge is 0.0616 e. The van der Waals surface area contributed by atoms with E-state index >= 15 is 0 Å². The van der Waals surface area contributed by atoms with Crippen molar-refractivity contribution in [3.05, 3.63) is 194 Å². The van der Waals surface area contributed by atoms with Gasteiger partial charge in [0.05, 0.1) is 0 Å². The van der Waals surface area contributed by atoms with Crippen molar-refractivity contribution in [1.82, 2.24) is 0 Å². The lowest BCUT2D eigenvalue weighted by molar-refractivity contribution is 1.60. The van der Waals surface area contributed by atoms with Gasteiger partial charge < -0.3 is 0 Å². The summed E-state index contributed by atoms with van der Waals surface area (Å²) < 4.78 is 0. The summed E-state index contributed by atoms with van der Waals surface area (Å²) in [5, 5.41) is 17.9. The standard InChI is InChI=1S/C52H32/c1-3-14-36-27-38(23-21-33(36)11-1)40-29-41(39-24-22-34-12-2-4-15-37(34)28-39)31-42(30-40)49-32-50-45-18-8-10-20-47(45)51-43-16-6-5-13-35(43)25-26-48(51)52(50)46-19-9-7-17-44(46)49/h1-32H. The van der Waals surface area contributed by atoms with E-state index in [1.54, 1.807) is 0 Å². The van der Waals surface area contributed by atoms with E-state index in [4.69, 9.17) is 0 Å². The quantitative estimate of drug-likeness (QED) is 0.166. The van der Waals surface area contributed by atoms with Crippen molar-refractivity contribution >= 4 is 75.4 Å². The fourth-order valence-corrected chi connectivity index (χ4v) is 8.68. The summed E-state index contributed by atoms with van der Waals surface area (Å²) in [6.07, 6.45) is 0. The van der Waals surface area contributed by atoms with Gasteiger partial charge in [-0.15, -0.1) is 0 Å². The van der Waals surface area contributed by atoms with Gasteiger partial charge in [-0.2, -0.15) is 0 Å². The minimum Gasteiger partial charge on any atom is -0.0616 e. The third kappa shape index (κ3) is 4.48. The van der Waals surface area contributed by atoms with Crippen molar-refractivity contribution in [3.8, 4) is 33.4 Å². The number of hydrogen-bond donors (Lipinski definition) is 0. The molecule has 0 bridgehead atoms. The van der Waals surface area contributed by atoms with Gasteiger partial charge in [-0.3, -0.25) is 0 Å². The second kappa shape index (κ2) is 11.4. The zero-order valence-corrected chi connectivity index (χ0v) is 28.5. The van der Waals surface area contributed by atoms with Crippen LogP contribution in [0.3, 0.4) is 0 Å². The molecule has 0 spiro atoms. The summed E-state index contributed by atoms with van der Waals surface area (Å²) in [6, 6.07) is 72.1. The Hall–Kier alpha value is -6.76. The third-order valence-electron chi connectivity index (χ3n) is 11.1. The van der Waals surface area contributed by atoms with Gasteiger partial charge in [-0.25, -0.2) is 0 Å². The maximum atomic E-state index is 2.47. The van der Waals surface area contributed by atoms with E-state index in [1.165, 1.54) is 109 Å². The second-order valence-electron chi connectivity index (χ2n) is 14.1. The minimum absolute atomic E-state index is 1.21. The molecule has 0 heteroatoms. The van der Waals surface area contributed by atoms with Crippen molar-refractivity contribution in [2.75, 3.05) is 0 Å². The molecule has 0 amide bonds. The smallest absolute Gasteiger partial charge is 0.00197 e. The van der Waals surface area contributed by atoms with Crippen LogP contribution in [0.1, 0.15) is 0 Å². The molecule has 52 heavy (non-hydrogen) atoms. The van der Waals surface area contributed by atoms with Gasteiger partial charge in [-0.1, -0.05) is 158 Å². The Morgan fingerprint density at radius 2 is 0.635 bits per heavy atom. The topological polar surface area (TPSA) is 0 Å². The molecule has 0 heterocycles. The molecule has 0 saturated heterocycles. The molecule has 0 unspecified atom stereocenters. The van der Waals surface area contributed by atoms with Crippen molar-refractivity contribution in [3.63, 3.8) is 0 Å². The Morgan fingerprint density at radius 1 is 0.192 bits per heavy atom. The third-order valence-corrected chi connectivity index (χ3v) is 11.1. The molecule has 0 nitrogen and oxygen atoms in total. The van der Waals surface area contributed by atoms with E-state index in [1.807, 2.05) is 0 Å². The van der Waals surface area contributed by atoms with Crippen molar-refractivity contribution in [1.29, 1.82) is 0 Å². The first kappa shape index (κ1) is 29.0. The highest BCUT2D eigenvalue weighted by Crippen LogP contribution is 2.45. The van der Waals surface area contributed by atoms with Gasteiger partial charge >= 0.3 is 0 Å². The van der Waals surface area contributed by atoms with Gasteiger partial charge in [0.15, 0.2) is 0 Å².